The van der Waals surface area contributed by atoms with Crippen molar-refractivity contribution in [2.75, 3.05) is 0 Å². The van der Waals surface area contributed by atoms with Crippen molar-refractivity contribution < 1.29 is 23.1 Å². The fourth-order valence-corrected chi connectivity index (χ4v) is 0.903. The van der Waals surface area contributed by atoms with Gasteiger partial charge >= 0.3 is 12.1 Å². The number of nitrogens with zero attached hydrogens (tertiary/aromatic N) is 2. The third-order valence-corrected chi connectivity index (χ3v) is 1.41. The van der Waals surface area contributed by atoms with Crippen molar-refractivity contribution in [3.8, 4) is 0 Å². The second-order valence-corrected chi connectivity index (χ2v) is 2.76. The minimum Gasteiger partial charge on any atom is -0.478 e. The van der Waals surface area contributed by atoms with Crippen molar-refractivity contribution in [3.05, 3.63) is 24.0 Å². The van der Waals surface area contributed by atoms with Gasteiger partial charge in [-0.2, -0.15) is 18.3 Å². The van der Waals surface area contributed by atoms with Gasteiger partial charge in [0.2, 0.25) is 0 Å². The highest BCUT2D eigenvalue weighted by molar-refractivity contribution is 5.85. The largest absolute Gasteiger partial charge is 0.478 e. The number of hydrogen-bond donors (Lipinski definition) is 1. The zero-order chi connectivity index (χ0) is 11.5. The van der Waals surface area contributed by atoms with Gasteiger partial charge in [0.05, 0.1) is 6.20 Å². The number of hydrogen-bond acceptors (Lipinski definition) is 2. The Hall–Kier alpha value is -1.79. The van der Waals surface area contributed by atoms with Crippen molar-refractivity contribution in [2.24, 2.45) is 0 Å². The summed E-state index contributed by atoms with van der Waals surface area (Å²) in [4.78, 5) is 10.1. The smallest absolute Gasteiger partial charge is 0.408 e. The molecule has 4 nitrogen and oxygen atoms in total. The molecule has 1 rings (SSSR count). The number of carboxylic acids is 1. The van der Waals surface area contributed by atoms with Crippen LogP contribution in [0.15, 0.2) is 18.5 Å². The topological polar surface area (TPSA) is 55.1 Å². The van der Waals surface area contributed by atoms with Crippen molar-refractivity contribution in [2.45, 2.75) is 12.7 Å². The molecule has 0 spiro atoms. The number of halogens is 3. The fourth-order valence-electron chi connectivity index (χ4n) is 0.903. The Bertz CT molecular complexity index is 381. The Morgan fingerprint density at radius 3 is 2.80 bits per heavy atom. The van der Waals surface area contributed by atoms with Crippen LogP contribution in [0, 0.1) is 0 Å². The van der Waals surface area contributed by atoms with Gasteiger partial charge in [-0.25, -0.2) is 4.79 Å². The molecule has 1 heterocycles. The van der Waals surface area contributed by atoms with Crippen LogP contribution >= 0.6 is 0 Å². The Kier molecular flexibility index (Phi) is 3.13. The summed E-state index contributed by atoms with van der Waals surface area (Å²) in [7, 11) is 0. The number of rotatable bonds is 3. The maximum absolute atomic E-state index is 11.9. The van der Waals surface area contributed by atoms with Crippen LogP contribution in [0.5, 0.6) is 0 Å². The van der Waals surface area contributed by atoms with E-state index in [1.807, 2.05) is 0 Å². The quantitative estimate of drug-likeness (QED) is 0.786. The number of aromatic nitrogens is 2. The first-order valence-corrected chi connectivity index (χ1v) is 3.87. The molecular weight excluding hydrogens is 213 g/mol. The van der Waals surface area contributed by atoms with Crippen LogP contribution in [0.3, 0.4) is 0 Å². The molecule has 0 aliphatic heterocycles. The Morgan fingerprint density at radius 2 is 2.27 bits per heavy atom. The van der Waals surface area contributed by atoms with Gasteiger partial charge in [-0.15, -0.1) is 0 Å². The predicted octanol–water partition coefficient (Wildman–Crippen LogP) is 1.54. The average Bonchev–Trinajstić information content (AvgIpc) is 2.45. The highest BCUT2D eigenvalue weighted by Gasteiger charge is 2.28. The van der Waals surface area contributed by atoms with E-state index in [0.717, 1.165) is 18.5 Å². The van der Waals surface area contributed by atoms with Gasteiger partial charge < -0.3 is 5.11 Å². The summed E-state index contributed by atoms with van der Waals surface area (Å²) in [5.74, 6) is -1.17. The van der Waals surface area contributed by atoms with E-state index in [2.05, 4.69) is 5.10 Å². The Labute approximate surface area is 82.6 Å². The van der Waals surface area contributed by atoms with Crippen LogP contribution in [0.1, 0.15) is 5.56 Å². The molecule has 0 bridgehead atoms. The molecule has 0 aliphatic carbocycles. The van der Waals surface area contributed by atoms with Crippen LogP contribution in [-0.2, 0) is 11.3 Å². The molecule has 82 valence electrons. The van der Waals surface area contributed by atoms with Gasteiger partial charge in [-0.3, -0.25) is 4.68 Å². The Morgan fingerprint density at radius 1 is 1.60 bits per heavy atom. The zero-order valence-electron chi connectivity index (χ0n) is 7.40. The number of carboxylic acid groups (broad SMARTS) is 1. The van der Waals surface area contributed by atoms with Crippen LogP contribution in [-0.4, -0.2) is 27.0 Å². The fraction of sp³-hybridized carbons (Fsp3) is 0.250. The first-order chi connectivity index (χ1) is 6.87. The van der Waals surface area contributed by atoms with Crippen LogP contribution in [0.4, 0.5) is 13.2 Å². The first-order valence-electron chi connectivity index (χ1n) is 3.87. The molecule has 0 aliphatic rings. The third kappa shape index (κ3) is 4.30. The van der Waals surface area contributed by atoms with E-state index in [0.29, 0.717) is 10.2 Å². The van der Waals surface area contributed by atoms with Crippen LogP contribution in [0.2, 0.25) is 0 Å². The van der Waals surface area contributed by atoms with Crippen molar-refractivity contribution in [1.29, 1.82) is 0 Å². The van der Waals surface area contributed by atoms with E-state index >= 15 is 0 Å². The average molecular weight is 220 g/mol. The maximum atomic E-state index is 11.9. The van der Waals surface area contributed by atoms with Gasteiger partial charge in [-0.05, 0) is 6.08 Å². The molecule has 1 aromatic rings. The highest BCUT2D eigenvalue weighted by atomic mass is 19.4. The summed E-state index contributed by atoms with van der Waals surface area (Å²) >= 11 is 0. The van der Waals surface area contributed by atoms with E-state index in [-0.39, 0.29) is 0 Å². The van der Waals surface area contributed by atoms with Gasteiger partial charge in [0, 0.05) is 17.8 Å². The highest BCUT2D eigenvalue weighted by Crippen LogP contribution is 2.17. The molecule has 0 atom stereocenters. The molecule has 0 radical (unpaired) electrons. The minimum atomic E-state index is -4.33. The van der Waals surface area contributed by atoms with E-state index < -0.39 is 18.7 Å². The normalized spacial score (nSPS) is 12.2. The standard InChI is InChI=1S/C8H7F3N2O2/c9-8(10,11)5-13-4-6(3-12-13)1-2-7(14)15/h1-4H,5H2,(H,14,15)/b2-1+. The third-order valence-electron chi connectivity index (χ3n) is 1.41. The van der Waals surface area contributed by atoms with E-state index in [1.54, 1.807) is 0 Å². The second-order valence-electron chi connectivity index (χ2n) is 2.76. The molecule has 15 heavy (non-hydrogen) atoms. The molecule has 0 unspecified atom stereocenters. The zero-order valence-corrected chi connectivity index (χ0v) is 7.40. The summed E-state index contributed by atoms with van der Waals surface area (Å²) < 4.78 is 36.4. The summed E-state index contributed by atoms with van der Waals surface area (Å²) in [5, 5.41) is 11.7. The number of carbonyl (C=O) groups is 1. The molecule has 0 saturated heterocycles. The van der Waals surface area contributed by atoms with E-state index in [9.17, 15) is 18.0 Å². The number of alkyl halides is 3. The van der Waals surface area contributed by atoms with Gasteiger partial charge in [0.15, 0.2) is 0 Å². The molecule has 1 aromatic heterocycles. The SMILES string of the molecule is O=C(O)/C=C/c1cnn(CC(F)(F)F)c1. The lowest BCUT2D eigenvalue weighted by Gasteiger charge is -2.04. The molecule has 0 amide bonds. The first kappa shape index (κ1) is 11.3. The molecule has 7 heteroatoms. The second kappa shape index (κ2) is 4.16. The molecule has 0 saturated carbocycles. The van der Waals surface area contributed by atoms with Crippen LogP contribution < -0.4 is 0 Å². The van der Waals surface area contributed by atoms with Gasteiger partial charge in [-0.1, -0.05) is 0 Å². The summed E-state index contributed by atoms with van der Waals surface area (Å²) in [6.07, 6.45) is -0.0605. The number of aliphatic carboxylic acids is 1. The summed E-state index contributed by atoms with van der Waals surface area (Å²) in [6.45, 7) is -1.19. The molecular formula is C8H7F3N2O2. The summed E-state index contributed by atoms with van der Waals surface area (Å²) in [5.41, 5.74) is 0.307. The van der Waals surface area contributed by atoms with Crippen molar-refractivity contribution in [3.63, 3.8) is 0 Å². The van der Waals surface area contributed by atoms with Gasteiger partial charge in [0.1, 0.15) is 6.54 Å². The summed E-state index contributed by atoms with van der Waals surface area (Å²) in [6, 6.07) is 0. The molecule has 0 fully saturated rings. The van der Waals surface area contributed by atoms with Crippen molar-refractivity contribution >= 4 is 12.0 Å². The lowest BCUT2D eigenvalue weighted by molar-refractivity contribution is -0.142. The van der Waals surface area contributed by atoms with E-state index in [1.165, 1.54) is 6.08 Å². The monoisotopic (exact) mass is 220 g/mol. The lowest BCUT2D eigenvalue weighted by Crippen LogP contribution is -2.17. The maximum Gasteiger partial charge on any atom is 0.408 e. The van der Waals surface area contributed by atoms with Gasteiger partial charge in [0.25, 0.3) is 0 Å². The lowest BCUT2D eigenvalue weighted by atomic mass is 10.3. The van der Waals surface area contributed by atoms with E-state index in [4.69, 9.17) is 5.11 Å². The predicted molar refractivity (Wildman–Crippen MR) is 45.0 cm³/mol. The molecule has 1 N–H and O–H groups in total. The molecule has 0 aromatic carbocycles. The Balaban J connectivity index is 2.68. The minimum absolute atomic E-state index is 0.307. The van der Waals surface area contributed by atoms with Crippen LogP contribution in [0.25, 0.3) is 6.08 Å². The van der Waals surface area contributed by atoms with Crippen molar-refractivity contribution in [1.82, 2.24) is 9.78 Å².